The number of nitrogens with one attached hydrogen (secondary N) is 1. The van der Waals surface area contributed by atoms with Crippen LogP contribution in [0.2, 0.25) is 0 Å². The van der Waals surface area contributed by atoms with Crippen molar-refractivity contribution in [2.75, 3.05) is 13.2 Å². The molecule has 0 amide bonds. The molecular weight excluding hydrogens is 132 g/mol. The summed E-state index contributed by atoms with van der Waals surface area (Å²) in [5.41, 5.74) is 1.85. The van der Waals surface area contributed by atoms with Gasteiger partial charge in [0.15, 0.2) is 0 Å². The molecule has 0 aliphatic carbocycles. The highest BCUT2D eigenvalue weighted by atomic mass is 16.5. The Morgan fingerprint density at radius 3 is 2.00 bits per heavy atom. The molecule has 0 aromatic heterocycles. The van der Waals surface area contributed by atoms with Crippen molar-refractivity contribution in [3.05, 3.63) is 0 Å². The van der Waals surface area contributed by atoms with Gasteiger partial charge in [-0.25, -0.2) is 5.01 Å². The van der Waals surface area contributed by atoms with Crippen LogP contribution in [0.25, 0.3) is 0 Å². The van der Waals surface area contributed by atoms with Crippen molar-refractivity contribution in [1.82, 2.24) is 10.6 Å². The lowest BCUT2D eigenvalue weighted by Gasteiger charge is -2.32. The average molecular weight is 148 g/mol. The summed E-state index contributed by atoms with van der Waals surface area (Å²) in [6.45, 7) is 6.26. The predicted octanol–water partition coefficient (Wildman–Crippen LogP) is -0.0270. The molecule has 0 rings (SSSR count). The van der Waals surface area contributed by atoms with Crippen LogP contribution in [-0.4, -0.2) is 34.0 Å². The minimum atomic E-state index is -0.169. The lowest BCUT2D eigenvalue weighted by Crippen LogP contribution is -2.50. The average Bonchev–Trinajstić information content (AvgIpc) is 1.80. The van der Waals surface area contributed by atoms with Crippen LogP contribution in [0.1, 0.15) is 20.8 Å². The molecule has 0 bridgehead atoms. The van der Waals surface area contributed by atoms with Crippen LogP contribution < -0.4 is 5.59 Å². The third kappa shape index (κ3) is 3.12. The Morgan fingerprint density at radius 1 is 1.40 bits per heavy atom. The molecule has 0 heterocycles. The van der Waals surface area contributed by atoms with Crippen LogP contribution >= 0.6 is 0 Å². The van der Waals surface area contributed by atoms with Gasteiger partial charge in [0.05, 0.1) is 6.61 Å². The van der Waals surface area contributed by atoms with E-state index in [1.54, 1.807) is 5.01 Å². The molecule has 0 saturated carbocycles. The predicted molar refractivity (Wildman–Crippen MR) is 38.5 cm³/mol. The maximum Gasteiger partial charge on any atom is 0.0573 e. The summed E-state index contributed by atoms with van der Waals surface area (Å²) < 4.78 is 0. The zero-order chi connectivity index (χ0) is 8.20. The fraction of sp³-hybridized carbons (Fsp3) is 1.00. The van der Waals surface area contributed by atoms with Crippen molar-refractivity contribution in [2.24, 2.45) is 0 Å². The zero-order valence-electron chi connectivity index (χ0n) is 6.76. The van der Waals surface area contributed by atoms with Crippen molar-refractivity contribution in [1.29, 1.82) is 0 Å². The maximum atomic E-state index is 8.56. The van der Waals surface area contributed by atoms with E-state index in [2.05, 4.69) is 0 Å². The normalized spacial score (nSPS) is 12.6. The summed E-state index contributed by atoms with van der Waals surface area (Å²) in [5.74, 6) is 0. The van der Waals surface area contributed by atoms with E-state index in [4.69, 9.17) is 10.3 Å². The first-order chi connectivity index (χ1) is 4.52. The number of hydrogen-bond donors (Lipinski definition) is 3. The van der Waals surface area contributed by atoms with Gasteiger partial charge in [0.1, 0.15) is 0 Å². The summed E-state index contributed by atoms with van der Waals surface area (Å²) in [5, 5.41) is 18.6. The van der Waals surface area contributed by atoms with Crippen LogP contribution in [-0.2, 0) is 0 Å². The van der Waals surface area contributed by atoms with E-state index >= 15 is 0 Å². The maximum absolute atomic E-state index is 8.56. The summed E-state index contributed by atoms with van der Waals surface area (Å²) >= 11 is 0. The first kappa shape index (κ1) is 9.84. The fourth-order valence-electron chi connectivity index (χ4n) is 0.635. The second-order valence-corrected chi connectivity index (χ2v) is 3.15. The van der Waals surface area contributed by atoms with E-state index in [1.165, 1.54) is 0 Å². The van der Waals surface area contributed by atoms with Gasteiger partial charge in [0.25, 0.3) is 0 Å². The Labute approximate surface area is 61.4 Å². The van der Waals surface area contributed by atoms with Crippen molar-refractivity contribution >= 4 is 0 Å². The van der Waals surface area contributed by atoms with Crippen molar-refractivity contribution < 1.29 is 10.3 Å². The topological polar surface area (TPSA) is 55.7 Å². The highest BCUT2D eigenvalue weighted by Crippen LogP contribution is 2.08. The largest absolute Gasteiger partial charge is 0.395 e. The molecule has 3 N–H and O–H groups in total. The van der Waals surface area contributed by atoms with Gasteiger partial charge in [-0.05, 0) is 20.8 Å². The third-order valence-electron chi connectivity index (χ3n) is 1.25. The summed E-state index contributed by atoms with van der Waals surface area (Å²) in [7, 11) is 0. The van der Waals surface area contributed by atoms with Crippen molar-refractivity contribution in [3.63, 3.8) is 0 Å². The number of hydrazine groups is 1. The van der Waals surface area contributed by atoms with Crippen molar-refractivity contribution in [3.8, 4) is 0 Å². The van der Waals surface area contributed by atoms with Crippen LogP contribution in [0.3, 0.4) is 0 Å². The van der Waals surface area contributed by atoms with E-state index in [1.807, 2.05) is 26.4 Å². The van der Waals surface area contributed by atoms with E-state index in [-0.39, 0.29) is 12.1 Å². The molecule has 0 radical (unpaired) electrons. The van der Waals surface area contributed by atoms with E-state index in [0.717, 1.165) is 0 Å². The number of hydrogen-bond acceptors (Lipinski definition) is 4. The molecule has 4 heteroatoms. The number of rotatable bonds is 3. The molecule has 0 aromatic carbocycles. The van der Waals surface area contributed by atoms with E-state index < -0.39 is 0 Å². The van der Waals surface area contributed by atoms with Gasteiger partial charge in [-0.3, -0.25) is 0 Å². The monoisotopic (exact) mass is 148 g/mol. The Balaban J connectivity index is 3.81. The van der Waals surface area contributed by atoms with Crippen molar-refractivity contribution in [2.45, 2.75) is 26.3 Å². The first-order valence-corrected chi connectivity index (χ1v) is 3.30. The minimum absolute atomic E-state index is 0.0326. The van der Waals surface area contributed by atoms with Gasteiger partial charge < -0.3 is 10.3 Å². The molecule has 0 spiro atoms. The van der Waals surface area contributed by atoms with Crippen LogP contribution in [0, 0.1) is 0 Å². The second-order valence-electron chi connectivity index (χ2n) is 3.15. The first-order valence-electron chi connectivity index (χ1n) is 3.30. The molecule has 0 aliphatic heterocycles. The quantitative estimate of drug-likeness (QED) is 0.492. The second kappa shape index (κ2) is 3.88. The number of aliphatic hydroxyl groups excluding tert-OH is 1. The Morgan fingerprint density at radius 2 is 1.90 bits per heavy atom. The van der Waals surface area contributed by atoms with Gasteiger partial charge in [0, 0.05) is 12.1 Å². The smallest absolute Gasteiger partial charge is 0.0573 e. The third-order valence-corrected chi connectivity index (χ3v) is 1.25. The summed E-state index contributed by atoms with van der Waals surface area (Å²) in [6, 6.07) is 0. The summed E-state index contributed by atoms with van der Waals surface area (Å²) in [4.78, 5) is 0. The van der Waals surface area contributed by atoms with E-state index in [0.29, 0.717) is 6.54 Å². The zero-order valence-corrected chi connectivity index (χ0v) is 6.76. The number of nitrogens with zero attached hydrogens (tertiary/aromatic N) is 1. The van der Waals surface area contributed by atoms with Crippen LogP contribution in [0.15, 0.2) is 0 Å². The Hall–Kier alpha value is -0.160. The molecule has 0 saturated heterocycles. The van der Waals surface area contributed by atoms with Gasteiger partial charge in [-0.1, -0.05) is 0 Å². The summed E-state index contributed by atoms with van der Waals surface area (Å²) in [6.07, 6.45) is 0. The molecular formula is C6H16N2O2. The van der Waals surface area contributed by atoms with E-state index in [9.17, 15) is 0 Å². The highest BCUT2D eigenvalue weighted by Gasteiger charge is 2.19. The molecule has 0 aliphatic rings. The number of β-amino-alcohol motifs (C(OH)–C–C–N with tert-alkyl or cyclic N) is 1. The molecule has 0 aromatic rings. The van der Waals surface area contributed by atoms with Crippen LogP contribution in [0.5, 0.6) is 0 Å². The molecule has 0 unspecified atom stereocenters. The molecule has 62 valence electrons. The lowest BCUT2D eigenvalue weighted by atomic mass is 10.1. The van der Waals surface area contributed by atoms with Gasteiger partial charge in [0.2, 0.25) is 0 Å². The molecule has 10 heavy (non-hydrogen) atoms. The molecule has 0 atom stereocenters. The standard InChI is InChI=1S/C6H16N2O2/c1-6(2,3)8(7-10)4-5-9/h7,9-10H,4-5H2,1-3H3. The molecule has 4 nitrogen and oxygen atoms in total. The minimum Gasteiger partial charge on any atom is -0.395 e. The molecule has 0 fully saturated rings. The fourth-order valence-corrected chi connectivity index (χ4v) is 0.635. The SMILES string of the molecule is CC(C)(C)N(CCO)NO. The van der Waals surface area contributed by atoms with Gasteiger partial charge in [-0.15, -0.1) is 5.59 Å². The van der Waals surface area contributed by atoms with Gasteiger partial charge in [-0.2, -0.15) is 0 Å². The number of aliphatic hydroxyl groups is 1. The Bertz CT molecular complexity index is 90.2. The van der Waals surface area contributed by atoms with Gasteiger partial charge >= 0.3 is 0 Å². The lowest BCUT2D eigenvalue weighted by molar-refractivity contribution is -0.0798. The Kier molecular flexibility index (Phi) is 3.81. The highest BCUT2D eigenvalue weighted by molar-refractivity contribution is 4.70. The van der Waals surface area contributed by atoms with Crippen LogP contribution in [0.4, 0.5) is 0 Å².